The molecular weight excluding hydrogens is 360 g/mol. The molecule has 4 rings (SSSR count). The smallest absolute Gasteiger partial charge is 0.150 e. The molecule has 3 aromatic carbocycles. The van der Waals surface area contributed by atoms with E-state index >= 15 is 0 Å². The molecule has 0 aliphatic carbocycles. The lowest BCUT2D eigenvalue weighted by Gasteiger charge is -2.39. The van der Waals surface area contributed by atoms with E-state index in [2.05, 4.69) is 28.9 Å². The molecule has 0 radical (unpaired) electrons. The Balaban J connectivity index is 1.34. The van der Waals surface area contributed by atoms with Crippen molar-refractivity contribution >= 4 is 12.0 Å². The molecule has 0 amide bonds. The van der Waals surface area contributed by atoms with Gasteiger partial charge in [-0.2, -0.15) is 0 Å². The van der Waals surface area contributed by atoms with Crippen LogP contribution in [-0.2, 0) is 0 Å². The second kappa shape index (κ2) is 8.93. The fourth-order valence-electron chi connectivity index (χ4n) is 3.78. The molecular formula is C25H26N2O2. The van der Waals surface area contributed by atoms with Gasteiger partial charge in [0.2, 0.25) is 0 Å². The summed E-state index contributed by atoms with van der Waals surface area (Å²) in [6.07, 6.45) is 0.888. The highest BCUT2D eigenvalue weighted by Gasteiger charge is 2.22. The van der Waals surface area contributed by atoms with Crippen LogP contribution in [0.4, 0.5) is 5.69 Å². The van der Waals surface area contributed by atoms with Gasteiger partial charge in [0.15, 0.2) is 0 Å². The van der Waals surface area contributed by atoms with Gasteiger partial charge in [0.05, 0.1) is 0 Å². The van der Waals surface area contributed by atoms with Crippen molar-refractivity contribution in [2.24, 2.45) is 0 Å². The van der Waals surface area contributed by atoms with Crippen LogP contribution in [0.25, 0.3) is 0 Å². The number of anilines is 1. The van der Waals surface area contributed by atoms with Crippen molar-refractivity contribution in [3.63, 3.8) is 0 Å². The van der Waals surface area contributed by atoms with Crippen LogP contribution < -0.4 is 9.64 Å². The highest BCUT2D eigenvalue weighted by atomic mass is 16.5. The maximum Gasteiger partial charge on any atom is 0.150 e. The lowest BCUT2D eigenvalue weighted by molar-refractivity contribution is 0.112. The zero-order valence-electron chi connectivity index (χ0n) is 16.7. The van der Waals surface area contributed by atoms with E-state index in [1.165, 1.54) is 11.3 Å². The van der Waals surface area contributed by atoms with E-state index in [1.54, 1.807) is 0 Å². The van der Waals surface area contributed by atoms with Gasteiger partial charge in [-0.3, -0.25) is 9.69 Å². The average molecular weight is 386 g/mol. The largest absolute Gasteiger partial charge is 0.457 e. The Kier molecular flexibility index (Phi) is 5.92. The van der Waals surface area contributed by atoms with Crippen molar-refractivity contribution in [1.29, 1.82) is 0 Å². The number of aldehydes is 1. The number of hydrogen-bond acceptors (Lipinski definition) is 4. The van der Waals surface area contributed by atoms with Gasteiger partial charge in [-0.05, 0) is 61.0 Å². The van der Waals surface area contributed by atoms with Crippen molar-refractivity contribution in [3.05, 3.63) is 90.0 Å². The Morgan fingerprint density at radius 1 is 0.793 bits per heavy atom. The van der Waals surface area contributed by atoms with Gasteiger partial charge < -0.3 is 9.64 Å². The highest BCUT2D eigenvalue weighted by molar-refractivity contribution is 5.75. The summed E-state index contributed by atoms with van der Waals surface area (Å²) in [6.45, 7) is 6.26. The van der Waals surface area contributed by atoms with E-state index in [0.717, 1.165) is 49.5 Å². The van der Waals surface area contributed by atoms with Gasteiger partial charge >= 0.3 is 0 Å². The molecule has 4 heteroatoms. The molecule has 1 aliphatic rings. The number of ether oxygens (including phenoxy) is 1. The fraction of sp³-hybridized carbons (Fsp3) is 0.240. The van der Waals surface area contributed by atoms with Crippen molar-refractivity contribution in [3.8, 4) is 11.5 Å². The first kappa shape index (κ1) is 19.2. The molecule has 29 heavy (non-hydrogen) atoms. The zero-order valence-corrected chi connectivity index (χ0v) is 16.7. The standard InChI is InChI=1S/C25H26N2O2/c1-20(22-9-13-25(14-10-22)29-24-5-3-2-4-6-24)26-15-17-27(18-16-26)23-11-7-21(19-28)8-12-23/h2-14,19-20H,15-18H2,1H3/t20-/m1/s1. The van der Waals surface area contributed by atoms with Gasteiger partial charge in [-0.15, -0.1) is 0 Å². The van der Waals surface area contributed by atoms with Crippen molar-refractivity contribution in [2.45, 2.75) is 13.0 Å². The van der Waals surface area contributed by atoms with Crippen LogP contribution in [0, 0.1) is 0 Å². The minimum atomic E-state index is 0.361. The molecule has 3 aromatic rings. The molecule has 0 spiro atoms. The van der Waals surface area contributed by atoms with Crippen LogP contribution in [0.15, 0.2) is 78.9 Å². The van der Waals surface area contributed by atoms with E-state index in [1.807, 2.05) is 66.7 Å². The topological polar surface area (TPSA) is 32.8 Å². The van der Waals surface area contributed by atoms with Crippen LogP contribution in [-0.4, -0.2) is 37.4 Å². The second-order valence-electron chi connectivity index (χ2n) is 7.39. The number of piperazine rings is 1. The average Bonchev–Trinajstić information content (AvgIpc) is 2.80. The molecule has 4 nitrogen and oxygen atoms in total. The summed E-state index contributed by atoms with van der Waals surface area (Å²) in [6, 6.07) is 26.5. The summed E-state index contributed by atoms with van der Waals surface area (Å²) >= 11 is 0. The third-order valence-electron chi connectivity index (χ3n) is 5.60. The van der Waals surface area contributed by atoms with E-state index in [0.29, 0.717) is 6.04 Å². The molecule has 1 heterocycles. The van der Waals surface area contributed by atoms with Gasteiger partial charge in [-0.25, -0.2) is 0 Å². The second-order valence-corrected chi connectivity index (χ2v) is 7.39. The molecule has 0 bridgehead atoms. The SMILES string of the molecule is C[C@H](c1ccc(Oc2ccccc2)cc1)N1CCN(c2ccc(C=O)cc2)CC1. The van der Waals surface area contributed by atoms with Crippen LogP contribution >= 0.6 is 0 Å². The molecule has 1 atom stereocenters. The van der Waals surface area contributed by atoms with Crippen LogP contribution in [0.5, 0.6) is 11.5 Å². The number of benzene rings is 3. The Morgan fingerprint density at radius 3 is 2.03 bits per heavy atom. The quantitative estimate of drug-likeness (QED) is 0.547. The number of carbonyl (C=O) groups is 1. The summed E-state index contributed by atoms with van der Waals surface area (Å²) < 4.78 is 5.90. The van der Waals surface area contributed by atoms with Crippen molar-refractivity contribution in [2.75, 3.05) is 31.1 Å². The third-order valence-corrected chi connectivity index (χ3v) is 5.60. The zero-order chi connectivity index (χ0) is 20.1. The maximum atomic E-state index is 10.8. The maximum absolute atomic E-state index is 10.8. The van der Waals surface area contributed by atoms with Gasteiger partial charge in [0.1, 0.15) is 17.8 Å². The summed E-state index contributed by atoms with van der Waals surface area (Å²) in [4.78, 5) is 15.7. The van der Waals surface area contributed by atoms with Crippen molar-refractivity contribution < 1.29 is 9.53 Å². The summed E-state index contributed by atoms with van der Waals surface area (Å²) in [7, 11) is 0. The highest BCUT2D eigenvalue weighted by Crippen LogP contribution is 2.27. The van der Waals surface area contributed by atoms with Crippen LogP contribution in [0.1, 0.15) is 28.9 Å². The van der Waals surface area contributed by atoms with E-state index in [4.69, 9.17) is 4.74 Å². The lowest BCUT2D eigenvalue weighted by atomic mass is 10.1. The Morgan fingerprint density at radius 2 is 1.41 bits per heavy atom. The Labute approximate surface area is 172 Å². The van der Waals surface area contributed by atoms with E-state index in [-0.39, 0.29) is 0 Å². The molecule has 0 aromatic heterocycles. The first-order chi connectivity index (χ1) is 14.2. The molecule has 0 N–H and O–H groups in total. The first-order valence-corrected chi connectivity index (χ1v) is 10.1. The van der Waals surface area contributed by atoms with Gasteiger partial charge in [0, 0.05) is 43.5 Å². The predicted molar refractivity (Wildman–Crippen MR) is 117 cm³/mol. The first-order valence-electron chi connectivity index (χ1n) is 10.1. The van der Waals surface area contributed by atoms with Gasteiger partial charge in [-0.1, -0.05) is 30.3 Å². The summed E-state index contributed by atoms with van der Waals surface area (Å²) in [5, 5.41) is 0. The molecule has 148 valence electrons. The fourth-order valence-corrected chi connectivity index (χ4v) is 3.78. The van der Waals surface area contributed by atoms with Crippen LogP contribution in [0.3, 0.4) is 0 Å². The molecule has 1 aliphatic heterocycles. The van der Waals surface area contributed by atoms with Crippen molar-refractivity contribution in [1.82, 2.24) is 4.90 Å². The minimum absolute atomic E-state index is 0.361. The van der Waals surface area contributed by atoms with Crippen LogP contribution in [0.2, 0.25) is 0 Å². The Hall–Kier alpha value is -3.11. The summed E-state index contributed by atoms with van der Waals surface area (Å²) in [5.74, 6) is 1.71. The lowest BCUT2D eigenvalue weighted by Crippen LogP contribution is -2.47. The minimum Gasteiger partial charge on any atom is -0.457 e. The molecule has 1 fully saturated rings. The number of para-hydroxylation sites is 1. The molecule has 1 saturated heterocycles. The van der Waals surface area contributed by atoms with E-state index < -0.39 is 0 Å². The normalized spacial score (nSPS) is 15.7. The Bertz CT molecular complexity index is 915. The van der Waals surface area contributed by atoms with E-state index in [9.17, 15) is 4.79 Å². The molecule has 0 unspecified atom stereocenters. The summed E-state index contributed by atoms with van der Waals surface area (Å²) in [5.41, 5.74) is 3.21. The predicted octanol–water partition coefficient (Wildman–Crippen LogP) is 5.17. The molecule has 0 saturated carbocycles. The number of hydrogen-bond donors (Lipinski definition) is 0. The number of carbonyl (C=O) groups excluding carboxylic acids is 1. The third kappa shape index (κ3) is 4.66. The number of rotatable bonds is 6. The number of nitrogens with zero attached hydrogens (tertiary/aromatic N) is 2. The monoisotopic (exact) mass is 386 g/mol. The van der Waals surface area contributed by atoms with Gasteiger partial charge in [0.25, 0.3) is 0 Å².